The van der Waals surface area contributed by atoms with Crippen molar-refractivity contribution in [3.05, 3.63) is 37.5 Å². The largest absolute Gasteiger partial charge is 0.480 e. The molecule has 0 aromatic rings. The summed E-state index contributed by atoms with van der Waals surface area (Å²) in [7, 11) is 0. The first-order chi connectivity index (χ1) is 6.44. The minimum atomic E-state index is -1.20. The first-order valence-corrected chi connectivity index (χ1v) is 4.24. The summed E-state index contributed by atoms with van der Waals surface area (Å²) < 4.78 is 0. The fourth-order valence-electron chi connectivity index (χ4n) is 0.792. The zero-order chi connectivity index (χ0) is 11.8. The fourth-order valence-corrected chi connectivity index (χ4v) is 0.792. The molecule has 0 aliphatic carbocycles. The van der Waals surface area contributed by atoms with Crippen LogP contribution in [0, 0.1) is 0 Å². The average molecular weight is 197 g/mol. The van der Waals surface area contributed by atoms with Gasteiger partial charge in [-0.25, -0.2) is 0 Å². The zero-order valence-corrected chi connectivity index (χ0v) is 8.92. The highest BCUT2D eigenvalue weighted by Crippen LogP contribution is 2.14. The van der Waals surface area contributed by atoms with Crippen LogP contribution in [0.5, 0.6) is 0 Å². The van der Waals surface area contributed by atoms with Gasteiger partial charge in [-0.05, 0) is 13.8 Å². The monoisotopic (exact) mass is 197 g/mol. The van der Waals surface area contributed by atoms with Gasteiger partial charge in [0.05, 0.1) is 0 Å². The lowest BCUT2D eigenvalue weighted by Gasteiger charge is -2.19. The number of hydrogen-bond acceptors (Lipinski definition) is 2. The molecule has 0 aromatic heterocycles. The average Bonchev–Trinajstić information content (AvgIpc) is 2.17. The van der Waals surface area contributed by atoms with Crippen LogP contribution in [0.25, 0.3) is 0 Å². The molecule has 0 aliphatic rings. The van der Waals surface area contributed by atoms with Crippen LogP contribution >= 0.6 is 0 Å². The van der Waals surface area contributed by atoms with Gasteiger partial charge in [0.1, 0.15) is 5.54 Å². The van der Waals surface area contributed by atoms with Crippen LogP contribution in [0.1, 0.15) is 20.3 Å². The minimum Gasteiger partial charge on any atom is -0.480 e. The molecule has 0 saturated carbocycles. The zero-order valence-electron chi connectivity index (χ0n) is 8.92. The summed E-state index contributed by atoms with van der Waals surface area (Å²) in [5, 5.41) is 8.69. The Balaban J connectivity index is 0. The summed E-state index contributed by atoms with van der Waals surface area (Å²) in [5.74, 6) is -0.997. The fraction of sp³-hybridized carbons (Fsp3) is 0.364. The van der Waals surface area contributed by atoms with Crippen LogP contribution in [-0.4, -0.2) is 16.6 Å². The van der Waals surface area contributed by atoms with Crippen LogP contribution in [0.2, 0.25) is 0 Å². The molecule has 0 rings (SSSR count). The first kappa shape index (κ1) is 15.1. The lowest BCUT2D eigenvalue weighted by Crippen LogP contribution is -2.44. The maximum atomic E-state index is 10.6. The van der Waals surface area contributed by atoms with E-state index in [-0.39, 0.29) is 0 Å². The van der Waals surface area contributed by atoms with Gasteiger partial charge in [-0.15, -0.1) is 13.2 Å². The quantitative estimate of drug-likeness (QED) is 0.536. The number of carboxylic acid groups (broad SMARTS) is 1. The van der Waals surface area contributed by atoms with E-state index < -0.39 is 11.5 Å². The van der Waals surface area contributed by atoms with Crippen LogP contribution < -0.4 is 5.73 Å². The lowest BCUT2D eigenvalue weighted by atomic mass is 9.94. The molecule has 14 heavy (non-hydrogen) atoms. The van der Waals surface area contributed by atoms with Crippen molar-refractivity contribution in [3.8, 4) is 0 Å². The molecular formula is C11H19NO2. The highest BCUT2D eigenvalue weighted by Gasteiger charge is 2.27. The number of aliphatic carboxylic acids is 1. The van der Waals surface area contributed by atoms with Gasteiger partial charge in [-0.1, -0.05) is 24.3 Å². The van der Waals surface area contributed by atoms with Crippen molar-refractivity contribution < 1.29 is 9.90 Å². The highest BCUT2D eigenvalue weighted by atomic mass is 16.4. The minimum absolute atomic E-state index is 0.308. The van der Waals surface area contributed by atoms with E-state index in [2.05, 4.69) is 19.7 Å². The number of rotatable bonds is 4. The van der Waals surface area contributed by atoms with E-state index in [4.69, 9.17) is 10.8 Å². The summed E-state index contributed by atoms with van der Waals surface area (Å²) in [4.78, 5) is 10.6. The second kappa shape index (κ2) is 7.09. The predicted octanol–water partition coefficient (Wildman–Crippen LogP) is 2.11. The maximum absolute atomic E-state index is 10.6. The van der Waals surface area contributed by atoms with Crippen molar-refractivity contribution in [2.24, 2.45) is 5.73 Å². The third-order valence-electron chi connectivity index (χ3n) is 1.69. The second-order valence-corrected chi connectivity index (χ2v) is 2.97. The molecule has 0 aliphatic heterocycles. The van der Waals surface area contributed by atoms with Gasteiger partial charge in [0.25, 0.3) is 0 Å². The molecule has 0 fully saturated rings. The third kappa shape index (κ3) is 5.32. The van der Waals surface area contributed by atoms with Crippen molar-refractivity contribution in [1.29, 1.82) is 0 Å². The van der Waals surface area contributed by atoms with Crippen LogP contribution in [0.15, 0.2) is 37.5 Å². The molecule has 0 saturated heterocycles. The van der Waals surface area contributed by atoms with Gasteiger partial charge in [0.15, 0.2) is 0 Å². The summed E-state index contributed by atoms with van der Waals surface area (Å²) in [5.41, 5.74) is 5.17. The Labute approximate surface area is 85.6 Å². The molecule has 0 spiro atoms. The summed E-state index contributed by atoms with van der Waals surface area (Å²) in [6.07, 6.45) is 3.73. The van der Waals surface area contributed by atoms with Crippen LogP contribution in [0.3, 0.4) is 0 Å². The van der Waals surface area contributed by atoms with Gasteiger partial charge in [-0.2, -0.15) is 0 Å². The van der Waals surface area contributed by atoms with Crippen molar-refractivity contribution >= 4 is 5.97 Å². The number of hydrogen-bond donors (Lipinski definition) is 2. The van der Waals surface area contributed by atoms with Gasteiger partial charge < -0.3 is 10.8 Å². The maximum Gasteiger partial charge on any atom is 0.323 e. The molecule has 1 unspecified atom stereocenters. The van der Waals surface area contributed by atoms with E-state index >= 15 is 0 Å². The van der Waals surface area contributed by atoms with Crippen molar-refractivity contribution in [1.82, 2.24) is 0 Å². The molecule has 3 nitrogen and oxygen atoms in total. The molecule has 0 heterocycles. The second-order valence-electron chi connectivity index (χ2n) is 2.97. The molecular weight excluding hydrogens is 178 g/mol. The van der Waals surface area contributed by atoms with E-state index in [1.165, 1.54) is 6.92 Å². The summed E-state index contributed by atoms with van der Waals surface area (Å²) >= 11 is 0. The molecule has 0 amide bonds. The number of nitrogens with two attached hydrogens (primary N) is 1. The van der Waals surface area contributed by atoms with E-state index in [0.29, 0.717) is 6.42 Å². The van der Waals surface area contributed by atoms with Crippen molar-refractivity contribution in [2.75, 3.05) is 0 Å². The topological polar surface area (TPSA) is 63.3 Å². The Morgan fingerprint density at radius 1 is 1.57 bits per heavy atom. The molecule has 1 atom stereocenters. The van der Waals surface area contributed by atoms with E-state index in [0.717, 1.165) is 5.57 Å². The van der Waals surface area contributed by atoms with Crippen LogP contribution in [-0.2, 0) is 4.79 Å². The number of carboxylic acids is 1. The Bertz CT molecular complexity index is 229. The molecule has 3 heteroatoms. The number of allylic oxidation sites excluding steroid dienone is 2. The van der Waals surface area contributed by atoms with E-state index in [9.17, 15) is 4.79 Å². The summed E-state index contributed by atoms with van der Waals surface area (Å²) in [6, 6.07) is 0. The highest BCUT2D eigenvalue weighted by molar-refractivity contribution is 5.78. The van der Waals surface area contributed by atoms with Gasteiger partial charge in [0, 0.05) is 6.42 Å². The first-order valence-electron chi connectivity index (χ1n) is 4.24. The predicted molar refractivity (Wildman–Crippen MR) is 60.1 cm³/mol. The van der Waals surface area contributed by atoms with E-state index in [1.807, 2.05) is 6.92 Å². The van der Waals surface area contributed by atoms with Crippen molar-refractivity contribution in [2.45, 2.75) is 25.8 Å². The normalized spacial score (nSPS) is 14.6. The lowest BCUT2D eigenvalue weighted by molar-refractivity contribution is -0.142. The van der Waals surface area contributed by atoms with Gasteiger partial charge in [-0.3, -0.25) is 4.79 Å². The SMILES string of the molecule is C=C.C=C/C(=C\C)CC(C)(N)C(=O)O. The molecule has 3 N–H and O–H groups in total. The Kier molecular flexibility index (Phi) is 7.67. The Hall–Kier alpha value is -1.35. The molecule has 80 valence electrons. The van der Waals surface area contributed by atoms with Gasteiger partial charge in [0.2, 0.25) is 0 Å². The molecule has 0 bridgehead atoms. The van der Waals surface area contributed by atoms with E-state index in [1.54, 1.807) is 12.2 Å². The van der Waals surface area contributed by atoms with Crippen LogP contribution in [0.4, 0.5) is 0 Å². The Morgan fingerprint density at radius 2 is 2.00 bits per heavy atom. The van der Waals surface area contributed by atoms with Gasteiger partial charge >= 0.3 is 5.97 Å². The Morgan fingerprint density at radius 3 is 2.21 bits per heavy atom. The molecule has 0 aromatic carbocycles. The van der Waals surface area contributed by atoms with Crippen molar-refractivity contribution in [3.63, 3.8) is 0 Å². The third-order valence-corrected chi connectivity index (χ3v) is 1.69. The standard InChI is InChI=1S/C9H15NO2.C2H4/c1-4-7(5-2)6-9(3,10)8(11)12;1-2/h4-5H,1,6,10H2,2-3H3,(H,11,12);1-2H2/b7-5+;. The molecule has 0 radical (unpaired) electrons. The summed E-state index contributed by atoms with van der Waals surface area (Å²) in [6.45, 7) is 12.9. The number of carbonyl (C=O) groups is 1. The smallest absolute Gasteiger partial charge is 0.323 e.